The van der Waals surface area contributed by atoms with Gasteiger partial charge < -0.3 is 19.7 Å². The van der Waals surface area contributed by atoms with Gasteiger partial charge in [0.1, 0.15) is 5.75 Å². The van der Waals surface area contributed by atoms with Crippen molar-refractivity contribution >= 4 is 20.3 Å². The fourth-order valence-corrected chi connectivity index (χ4v) is 5.05. The second-order valence-corrected chi connectivity index (χ2v) is 11.8. The highest BCUT2D eigenvalue weighted by molar-refractivity contribution is 6.59. The fourth-order valence-electron chi connectivity index (χ4n) is 5.05. The summed E-state index contributed by atoms with van der Waals surface area (Å²) in [5.74, 6) is 107. The molecule has 0 aliphatic heterocycles. The van der Waals surface area contributed by atoms with E-state index in [0.717, 1.165) is 0 Å². The summed E-state index contributed by atoms with van der Waals surface area (Å²) in [5, 5.41) is 31.0. The summed E-state index contributed by atoms with van der Waals surface area (Å²) in [5.41, 5.74) is 2.79. The first-order valence-corrected chi connectivity index (χ1v) is 19.2. The average molecular weight is 893 g/mol. The van der Waals surface area contributed by atoms with Crippen LogP contribution in [-0.4, -0.2) is 29.9 Å². The molecule has 0 aromatic heterocycles. The van der Waals surface area contributed by atoms with Crippen LogP contribution in [0.3, 0.4) is 0 Å². The Morgan fingerprint density at radius 1 is 0.306 bits per heavy atom. The standard InChI is InChI=1S/C66H15B2O4/c1-7-13-19-25-31-37-43-55-50-62(64-52-60(48-42-36-30-24-18-12-6)66(72-67-69)54-58(64)46-40-34-28-22-16-10-4)56(44-38-32-26-20-14-8-2)49-61(55)63-51-59(47-41-35-29-23-17-11-5)65(68(70)71)53-57(63)45-39-33-27-21-15-9-3/h1-6,49-54,69-71H. The fraction of sp³-hybridized carbons (Fsp3) is 0. The Hall–Kier alpha value is -13.1. The first kappa shape index (κ1) is 53.2. The van der Waals surface area contributed by atoms with Gasteiger partial charge in [-0.3, -0.25) is 0 Å². The number of rotatable bonds is 5. The maximum Gasteiger partial charge on any atom is 0.569 e. The Morgan fingerprint density at radius 2 is 0.542 bits per heavy atom. The molecule has 3 rings (SSSR count). The third kappa shape index (κ3) is 18.6. The number of hydrogen-bond acceptors (Lipinski definition) is 4. The SMILES string of the molecule is C#CC#CC#CC#Cc1cc(-c2cc(C#CC#CC#CC#C)c(-c3cc(C#CC#CC#CC#C)c(B(O)O)cc3C#CC#CC#CC#C)cc2C#CC#CC#CC#C)c(C#CC#CC#CC#C)cc1O[B]O. The molecule has 0 unspecified atom stereocenters. The molecule has 0 heterocycles. The van der Waals surface area contributed by atoms with Crippen molar-refractivity contribution < 1.29 is 19.7 Å². The van der Waals surface area contributed by atoms with E-state index in [1.165, 1.54) is 12.1 Å². The average Bonchev–Trinajstić information content (AvgIpc) is 3.38. The van der Waals surface area contributed by atoms with Crippen LogP contribution in [0.25, 0.3) is 22.3 Å². The molecular formula is C66H15B2O4. The van der Waals surface area contributed by atoms with E-state index in [-0.39, 0.29) is 39.0 Å². The van der Waals surface area contributed by atoms with Gasteiger partial charge in [-0.15, -0.1) is 38.5 Å². The molecule has 0 amide bonds. The molecule has 1 radical (unpaired) electrons. The monoisotopic (exact) mass is 893 g/mol. The summed E-state index contributed by atoms with van der Waals surface area (Å²) in [7, 11) is -1.57. The van der Waals surface area contributed by atoms with Crippen molar-refractivity contribution in [2.45, 2.75) is 0 Å². The predicted molar refractivity (Wildman–Crippen MR) is 283 cm³/mol. The van der Waals surface area contributed by atoms with Crippen LogP contribution < -0.4 is 10.1 Å². The van der Waals surface area contributed by atoms with Crippen molar-refractivity contribution in [2.24, 2.45) is 0 Å². The quantitative estimate of drug-likeness (QED) is 0.269. The van der Waals surface area contributed by atoms with E-state index in [1.807, 2.05) is 0 Å². The van der Waals surface area contributed by atoms with Crippen LogP contribution in [0.1, 0.15) is 33.4 Å². The molecule has 6 heteroatoms. The third-order valence-electron chi connectivity index (χ3n) is 7.62. The first-order chi connectivity index (χ1) is 35.4. The van der Waals surface area contributed by atoms with Crippen molar-refractivity contribution in [2.75, 3.05) is 0 Å². The topological polar surface area (TPSA) is 69.9 Å². The van der Waals surface area contributed by atoms with Gasteiger partial charge in [0.05, 0.1) is 5.56 Å². The molecule has 0 atom stereocenters. The lowest BCUT2D eigenvalue weighted by molar-refractivity contribution is 0.425. The zero-order valence-electron chi connectivity index (χ0n) is 36.8. The highest BCUT2D eigenvalue weighted by atomic mass is 16.5. The molecule has 0 bridgehead atoms. The van der Waals surface area contributed by atoms with Gasteiger partial charge in [0.15, 0.2) is 0 Å². The van der Waals surface area contributed by atoms with Gasteiger partial charge in [0.25, 0.3) is 0 Å². The number of benzene rings is 3. The highest BCUT2D eigenvalue weighted by Crippen LogP contribution is 2.37. The van der Waals surface area contributed by atoms with Crippen LogP contribution in [0.15, 0.2) is 36.4 Å². The van der Waals surface area contributed by atoms with E-state index in [2.05, 4.69) is 249 Å². The summed E-state index contributed by atoms with van der Waals surface area (Å²) < 4.78 is 5.46. The highest BCUT2D eigenvalue weighted by Gasteiger charge is 2.22. The molecule has 0 aliphatic carbocycles. The van der Waals surface area contributed by atoms with Crippen LogP contribution in [0, 0.1) is 287 Å². The van der Waals surface area contributed by atoms with Gasteiger partial charge >= 0.3 is 14.8 Å². The minimum Gasteiger partial charge on any atom is -0.536 e. The maximum absolute atomic E-state index is 10.6. The van der Waals surface area contributed by atoms with Gasteiger partial charge in [-0.25, -0.2) is 0 Å². The van der Waals surface area contributed by atoms with E-state index in [4.69, 9.17) is 43.2 Å². The lowest BCUT2D eigenvalue weighted by Gasteiger charge is -2.17. The van der Waals surface area contributed by atoms with Gasteiger partial charge in [-0.1, -0.05) is 29.6 Å². The van der Waals surface area contributed by atoms with E-state index < -0.39 is 7.12 Å². The summed E-state index contributed by atoms with van der Waals surface area (Å²) in [6, 6.07) is 9.38. The second kappa shape index (κ2) is 32.5. The molecule has 4 nitrogen and oxygen atoms in total. The van der Waals surface area contributed by atoms with Gasteiger partial charge in [-0.2, -0.15) is 0 Å². The summed E-state index contributed by atoms with van der Waals surface area (Å²) in [4.78, 5) is 0. The molecule has 0 aliphatic rings. The van der Waals surface area contributed by atoms with E-state index >= 15 is 0 Å². The van der Waals surface area contributed by atoms with Gasteiger partial charge in [0.2, 0.25) is 0 Å². The van der Waals surface area contributed by atoms with Crippen LogP contribution in [0.5, 0.6) is 5.75 Å². The Balaban J connectivity index is 2.84. The Bertz CT molecular complexity index is 4330. The van der Waals surface area contributed by atoms with Crippen molar-refractivity contribution in [3.63, 3.8) is 0 Å². The van der Waals surface area contributed by atoms with E-state index in [0.29, 0.717) is 35.5 Å². The molecular weight excluding hydrogens is 878 g/mol. The lowest BCUT2D eigenvalue weighted by atomic mass is 9.74. The third-order valence-corrected chi connectivity index (χ3v) is 7.62. The molecule has 3 aromatic rings. The minimum absolute atomic E-state index is 0.0434. The van der Waals surface area contributed by atoms with Crippen molar-refractivity contribution in [1.82, 2.24) is 0 Å². The van der Waals surface area contributed by atoms with Gasteiger partial charge in [-0.05, 0) is 278 Å². The van der Waals surface area contributed by atoms with Crippen LogP contribution in [0.4, 0.5) is 0 Å². The van der Waals surface area contributed by atoms with Crippen molar-refractivity contribution in [3.05, 3.63) is 69.8 Å². The molecule has 3 aromatic carbocycles. The van der Waals surface area contributed by atoms with Gasteiger partial charge in [0, 0.05) is 33.4 Å². The molecule has 309 valence electrons. The van der Waals surface area contributed by atoms with Crippen LogP contribution in [-0.2, 0) is 0 Å². The lowest BCUT2D eigenvalue weighted by Crippen LogP contribution is -2.32. The first-order valence-electron chi connectivity index (χ1n) is 19.2. The summed E-state index contributed by atoms with van der Waals surface area (Å²) in [6.07, 6.45) is 31.4. The zero-order chi connectivity index (χ0) is 51.9. The number of terminal acetylenes is 6. The van der Waals surface area contributed by atoms with Crippen molar-refractivity contribution in [3.8, 4) is 315 Å². The maximum atomic E-state index is 10.6. The number of hydrogen-bond donors (Lipinski definition) is 3. The Morgan fingerprint density at radius 3 is 0.847 bits per heavy atom. The molecule has 0 spiro atoms. The molecule has 0 saturated heterocycles. The summed E-state index contributed by atoms with van der Waals surface area (Å²) in [6.45, 7) is 0. The second-order valence-electron chi connectivity index (χ2n) is 11.8. The Kier molecular flexibility index (Phi) is 24.1. The normalized spacial score (nSPS) is 6.68. The zero-order valence-corrected chi connectivity index (χ0v) is 36.8. The largest absolute Gasteiger partial charge is 0.569 e. The van der Waals surface area contributed by atoms with Crippen LogP contribution >= 0.6 is 0 Å². The molecule has 0 fully saturated rings. The smallest absolute Gasteiger partial charge is 0.536 e. The Labute approximate surface area is 422 Å². The molecule has 72 heavy (non-hydrogen) atoms. The van der Waals surface area contributed by atoms with Crippen molar-refractivity contribution in [1.29, 1.82) is 0 Å². The van der Waals surface area contributed by atoms with Crippen LogP contribution in [0.2, 0.25) is 0 Å². The predicted octanol–water partition coefficient (Wildman–Crippen LogP) is 1.55. The van der Waals surface area contributed by atoms with E-state index in [9.17, 15) is 15.1 Å². The van der Waals surface area contributed by atoms with E-state index in [1.54, 1.807) is 24.3 Å². The molecule has 3 N–H and O–H groups in total. The molecule has 0 saturated carbocycles. The minimum atomic E-state index is -2.03. The summed E-state index contributed by atoms with van der Waals surface area (Å²) >= 11 is 0.